The molecule has 0 aliphatic carbocycles. The van der Waals surface area contributed by atoms with E-state index in [1.165, 1.54) is 0 Å². The minimum absolute atomic E-state index is 0.118. The number of hydrogen-bond acceptors (Lipinski definition) is 4. The Balaban J connectivity index is 2.35. The highest BCUT2D eigenvalue weighted by atomic mass is 16.2. The van der Waals surface area contributed by atoms with Crippen molar-refractivity contribution in [3.63, 3.8) is 0 Å². The molecular formula is C10H20N4O2. The third-order valence-electron chi connectivity index (χ3n) is 3.02. The lowest BCUT2D eigenvalue weighted by Crippen LogP contribution is -2.51. The summed E-state index contributed by atoms with van der Waals surface area (Å²) in [6.07, 6.45) is 0.399. The van der Waals surface area contributed by atoms with Crippen LogP contribution >= 0.6 is 0 Å². The topological polar surface area (TPSA) is 78.7 Å². The van der Waals surface area contributed by atoms with Crippen molar-refractivity contribution in [1.29, 1.82) is 0 Å². The van der Waals surface area contributed by atoms with Crippen LogP contribution in [-0.4, -0.2) is 53.8 Å². The molecule has 6 heteroatoms. The first-order valence-electron chi connectivity index (χ1n) is 5.53. The molecule has 16 heavy (non-hydrogen) atoms. The van der Waals surface area contributed by atoms with Crippen LogP contribution in [0.5, 0.6) is 0 Å². The molecule has 0 aromatic heterocycles. The maximum Gasteiger partial charge on any atom is 0.235 e. The standard InChI is InChI=1S/C10H20N4O2/c1-8(7-10(16)12-11)13-3-5-14(6-4-13)9(2)15/h8H,3-7,11H2,1-2H3,(H,12,16). The highest BCUT2D eigenvalue weighted by Crippen LogP contribution is 2.08. The maximum atomic E-state index is 11.1. The fourth-order valence-corrected chi connectivity index (χ4v) is 1.93. The summed E-state index contributed by atoms with van der Waals surface area (Å²) >= 11 is 0. The van der Waals surface area contributed by atoms with E-state index in [2.05, 4.69) is 10.3 Å². The summed E-state index contributed by atoms with van der Waals surface area (Å²) in [5.74, 6) is 5.01. The number of carbonyl (C=O) groups excluding carboxylic acids is 2. The third-order valence-corrected chi connectivity index (χ3v) is 3.02. The van der Waals surface area contributed by atoms with E-state index in [0.29, 0.717) is 6.42 Å². The van der Waals surface area contributed by atoms with Crippen LogP contribution in [-0.2, 0) is 9.59 Å². The van der Waals surface area contributed by atoms with Gasteiger partial charge in [0.2, 0.25) is 11.8 Å². The minimum atomic E-state index is -0.151. The van der Waals surface area contributed by atoms with Crippen LogP contribution in [0.1, 0.15) is 20.3 Å². The number of nitrogens with zero attached hydrogens (tertiary/aromatic N) is 2. The summed E-state index contributed by atoms with van der Waals surface area (Å²) in [5.41, 5.74) is 2.13. The number of rotatable bonds is 3. The number of hydrazine groups is 1. The van der Waals surface area contributed by atoms with Crippen molar-refractivity contribution in [2.75, 3.05) is 26.2 Å². The third kappa shape index (κ3) is 3.46. The van der Waals surface area contributed by atoms with Gasteiger partial charge in [0.1, 0.15) is 0 Å². The van der Waals surface area contributed by atoms with Gasteiger partial charge in [-0.3, -0.25) is 19.9 Å². The summed E-state index contributed by atoms with van der Waals surface area (Å²) in [5, 5.41) is 0. The fourth-order valence-electron chi connectivity index (χ4n) is 1.93. The molecule has 1 saturated heterocycles. The lowest BCUT2D eigenvalue weighted by molar-refractivity contribution is -0.131. The summed E-state index contributed by atoms with van der Waals surface area (Å²) in [6.45, 7) is 6.70. The Labute approximate surface area is 95.7 Å². The zero-order valence-electron chi connectivity index (χ0n) is 9.90. The lowest BCUT2D eigenvalue weighted by atomic mass is 10.1. The van der Waals surface area contributed by atoms with Crippen molar-refractivity contribution in [2.24, 2.45) is 5.84 Å². The second-order valence-corrected chi connectivity index (χ2v) is 4.16. The van der Waals surface area contributed by atoms with E-state index >= 15 is 0 Å². The van der Waals surface area contributed by atoms with Gasteiger partial charge in [0, 0.05) is 45.6 Å². The molecule has 92 valence electrons. The number of nitrogens with two attached hydrogens (primary N) is 1. The Bertz CT molecular complexity index is 262. The van der Waals surface area contributed by atoms with E-state index < -0.39 is 0 Å². The second-order valence-electron chi connectivity index (χ2n) is 4.16. The van der Waals surface area contributed by atoms with Crippen molar-refractivity contribution in [3.8, 4) is 0 Å². The number of amides is 2. The Kier molecular flexibility index (Phi) is 4.70. The molecule has 1 aliphatic rings. The summed E-state index contributed by atoms with van der Waals surface area (Å²) in [4.78, 5) is 26.3. The number of carbonyl (C=O) groups is 2. The molecule has 1 heterocycles. The first kappa shape index (κ1) is 12.9. The normalized spacial score (nSPS) is 19.3. The van der Waals surface area contributed by atoms with E-state index in [4.69, 9.17) is 5.84 Å². The number of hydrogen-bond donors (Lipinski definition) is 2. The molecule has 0 saturated carbocycles. The van der Waals surface area contributed by atoms with Gasteiger partial charge in [0.25, 0.3) is 0 Å². The van der Waals surface area contributed by atoms with Gasteiger partial charge < -0.3 is 4.90 Å². The van der Waals surface area contributed by atoms with E-state index in [9.17, 15) is 9.59 Å². The predicted octanol–water partition coefficient (Wildman–Crippen LogP) is -1.08. The fraction of sp³-hybridized carbons (Fsp3) is 0.800. The first-order valence-corrected chi connectivity index (χ1v) is 5.53. The van der Waals surface area contributed by atoms with Crippen LogP contribution in [0.2, 0.25) is 0 Å². The zero-order chi connectivity index (χ0) is 12.1. The van der Waals surface area contributed by atoms with Crippen LogP contribution in [0.3, 0.4) is 0 Å². The minimum Gasteiger partial charge on any atom is -0.340 e. The SMILES string of the molecule is CC(=O)N1CCN(C(C)CC(=O)NN)CC1. The summed E-state index contributed by atoms with van der Waals surface area (Å²) in [7, 11) is 0. The van der Waals surface area contributed by atoms with E-state index in [1.54, 1.807) is 6.92 Å². The molecule has 0 spiro atoms. The maximum absolute atomic E-state index is 11.1. The van der Waals surface area contributed by atoms with E-state index in [0.717, 1.165) is 26.2 Å². The molecule has 6 nitrogen and oxygen atoms in total. The van der Waals surface area contributed by atoms with Crippen LogP contribution in [0.4, 0.5) is 0 Å². The van der Waals surface area contributed by atoms with E-state index in [-0.39, 0.29) is 17.9 Å². The monoisotopic (exact) mass is 228 g/mol. The molecule has 1 rings (SSSR count). The highest BCUT2D eigenvalue weighted by molar-refractivity contribution is 5.75. The molecule has 0 aromatic rings. The van der Waals surface area contributed by atoms with E-state index in [1.807, 2.05) is 11.8 Å². The average molecular weight is 228 g/mol. The number of nitrogens with one attached hydrogen (secondary N) is 1. The molecule has 1 atom stereocenters. The average Bonchev–Trinajstić information content (AvgIpc) is 2.28. The molecule has 1 aliphatic heterocycles. The summed E-state index contributed by atoms with van der Waals surface area (Å²) in [6, 6.07) is 0.164. The van der Waals surface area contributed by atoms with Crippen LogP contribution in [0.15, 0.2) is 0 Å². The highest BCUT2D eigenvalue weighted by Gasteiger charge is 2.23. The van der Waals surface area contributed by atoms with Crippen LogP contribution < -0.4 is 11.3 Å². The van der Waals surface area contributed by atoms with Gasteiger partial charge in [-0.25, -0.2) is 5.84 Å². The Morgan fingerprint density at radius 1 is 1.31 bits per heavy atom. The molecule has 0 radical (unpaired) electrons. The van der Waals surface area contributed by atoms with Gasteiger partial charge in [0.15, 0.2) is 0 Å². The second kappa shape index (κ2) is 5.81. The Hall–Kier alpha value is -1.14. The van der Waals surface area contributed by atoms with Gasteiger partial charge in [-0.1, -0.05) is 0 Å². The Morgan fingerprint density at radius 3 is 2.31 bits per heavy atom. The van der Waals surface area contributed by atoms with Gasteiger partial charge in [-0.2, -0.15) is 0 Å². The molecule has 1 fully saturated rings. The quantitative estimate of drug-likeness (QED) is 0.366. The smallest absolute Gasteiger partial charge is 0.235 e. The molecular weight excluding hydrogens is 208 g/mol. The van der Waals surface area contributed by atoms with Gasteiger partial charge in [-0.05, 0) is 6.92 Å². The van der Waals surface area contributed by atoms with Crippen LogP contribution in [0.25, 0.3) is 0 Å². The summed E-state index contributed by atoms with van der Waals surface area (Å²) < 4.78 is 0. The van der Waals surface area contributed by atoms with Crippen molar-refractivity contribution in [2.45, 2.75) is 26.3 Å². The Morgan fingerprint density at radius 2 is 1.88 bits per heavy atom. The number of piperazine rings is 1. The van der Waals surface area contributed by atoms with Crippen molar-refractivity contribution < 1.29 is 9.59 Å². The van der Waals surface area contributed by atoms with Gasteiger partial charge >= 0.3 is 0 Å². The molecule has 2 amide bonds. The largest absolute Gasteiger partial charge is 0.340 e. The van der Waals surface area contributed by atoms with Crippen molar-refractivity contribution >= 4 is 11.8 Å². The van der Waals surface area contributed by atoms with Crippen LogP contribution in [0, 0.1) is 0 Å². The van der Waals surface area contributed by atoms with Crippen molar-refractivity contribution in [1.82, 2.24) is 15.2 Å². The van der Waals surface area contributed by atoms with Crippen molar-refractivity contribution in [3.05, 3.63) is 0 Å². The molecule has 0 aromatic carbocycles. The zero-order valence-corrected chi connectivity index (χ0v) is 9.90. The molecule has 1 unspecified atom stereocenters. The van der Waals surface area contributed by atoms with Gasteiger partial charge in [-0.15, -0.1) is 0 Å². The molecule has 0 bridgehead atoms. The first-order chi connectivity index (χ1) is 7.54. The lowest BCUT2D eigenvalue weighted by Gasteiger charge is -2.37. The van der Waals surface area contributed by atoms with Gasteiger partial charge in [0.05, 0.1) is 0 Å². The molecule has 3 N–H and O–H groups in total. The predicted molar refractivity (Wildman–Crippen MR) is 60.2 cm³/mol.